The van der Waals surface area contributed by atoms with E-state index in [4.69, 9.17) is 0 Å². The second-order valence-electron chi connectivity index (χ2n) is 7.82. The summed E-state index contributed by atoms with van der Waals surface area (Å²) < 4.78 is 1.09. The molecule has 29 heavy (non-hydrogen) atoms. The molecule has 0 fully saturated rings. The molecule has 3 nitrogen and oxygen atoms in total. The second-order valence-corrected chi connectivity index (χ2v) is 7.82. The highest BCUT2D eigenvalue weighted by Crippen LogP contribution is 2.18. The van der Waals surface area contributed by atoms with Crippen LogP contribution in [0.1, 0.15) is 30.5 Å². The van der Waals surface area contributed by atoms with E-state index < -0.39 is 0 Å². The van der Waals surface area contributed by atoms with Crippen LogP contribution in [0.2, 0.25) is 0 Å². The molecule has 0 aliphatic rings. The van der Waals surface area contributed by atoms with E-state index in [1.54, 1.807) is 0 Å². The molecule has 0 spiro atoms. The van der Waals surface area contributed by atoms with Crippen LogP contribution in [0.25, 0.3) is 0 Å². The first kappa shape index (κ1) is 20.8. The molecule has 3 aromatic carbocycles. The van der Waals surface area contributed by atoms with Gasteiger partial charge in [0.05, 0.1) is 6.04 Å². The van der Waals surface area contributed by atoms with E-state index in [-0.39, 0.29) is 6.04 Å². The summed E-state index contributed by atoms with van der Waals surface area (Å²) in [6, 6.07) is 30.9. The van der Waals surface area contributed by atoms with Gasteiger partial charge >= 0.3 is 0 Å². The van der Waals surface area contributed by atoms with E-state index in [0.29, 0.717) is 12.5 Å². The maximum atomic E-state index is 12.8. The minimum absolute atomic E-state index is 0.0385. The molecule has 3 heteroatoms. The minimum Gasteiger partial charge on any atom is -0.624 e. The predicted molar refractivity (Wildman–Crippen MR) is 121 cm³/mol. The van der Waals surface area contributed by atoms with Crippen molar-refractivity contribution in [1.29, 1.82) is 0 Å². The molecule has 0 aromatic heterocycles. The first-order valence-electron chi connectivity index (χ1n) is 10.3. The maximum absolute atomic E-state index is 12.8. The average Bonchev–Trinajstić information content (AvgIpc) is 2.74. The van der Waals surface area contributed by atoms with E-state index in [1.165, 1.54) is 11.1 Å². The van der Waals surface area contributed by atoms with E-state index in [9.17, 15) is 5.21 Å². The Bertz CT molecular complexity index is 835. The third-order valence-electron chi connectivity index (χ3n) is 5.06. The number of nitrogens with zero attached hydrogens (tertiary/aromatic N) is 2. The van der Waals surface area contributed by atoms with Crippen LogP contribution in [-0.4, -0.2) is 21.9 Å². The van der Waals surface area contributed by atoms with Crippen LogP contribution in [0.3, 0.4) is 0 Å². The Hall–Kier alpha value is -2.91. The Kier molecular flexibility index (Phi) is 7.60. The second kappa shape index (κ2) is 10.6. The van der Waals surface area contributed by atoms with Gasteiger partial charge in [-0.2, -0.15) is 0 Å². The van der Waals surface area contributed by atoms with Crippen molar-refractivity contribution in [2.75, 3.05) is 0 Å². The highest BCUT2D eigenvalue weighted by Gasteiger charge is 2.24. The van der Waals surface area contributed by atoms with Crippen molar-refractivity contribution < 1.29 is 4.74 Å². The summed E-state index contributed by atoms with van der Waals surface area (Å²) in [6.07, 6.45) is 1.85. The van der Waals surface area contributed by atoms with Gasteiger partial charge in [0.2, 0.25) is 0 Å². The summed E-state index contributed by atoms with van der Waals surface area (Å²) in [6.45, 7) is 6.33. The maximum Gasteiger partial charge on any atom is 0.178 e. The molecule has 0 heterocycles. The van der Waals surface area contributed by atoms with Gasteiger partial charge in [-0.15, -0.1) is 0 Å². The Morgan fingerprint density at radius 2 is 1.14 bits per heavy atom. The third kappa shape index (κ3) is 6.58. The number of hydrogen-bond donors (Lipinski definition) is 0. The van der Waals surface area contributed by atoms with Crippen LogP contribution in [0.4, 0.5) is 0 Å². The Morgan fingerprint density at radius 3 is 1.55 bits per heavy atom. The minimum atomic E-state index is 0.0385. The zero-order chi connectivity index (χ0) is 20.5. The lowest BCUT2D eigenvalue weighted by molar-refractivity contribution is -0.472. The highest BCUT2D eigenvalue weighted by molar-refractivity contribution is 5.59. The quantitative estimate of drug-likeness (QED) is 0.210. The van der Waals surface area contributed by atoms with E-state index in [0.717, 1.165) is 23.4 Å². The summed E-state index contributed by atoms with van der Waals surface area (Å²) in [4.78, 5) is 2.39. The zero-order valence-electron chi connectivity index (χ0n) is 17.3. The standard InChI is InChI=1S/C26H30N2O/c1-22(2)26(21-28(29)20-25-16-10-5-11-17-25)27(18-23-12-6-3-7-13-23)19-24-14-8-4-9-15-24/h3-17,21-22,26H,18-20H2,1-2H3/b28-21-/t26-/m1/s1. The van der Waals surface area contributed by atoms with Crippen molar-refractivity contribution >= 4 is 6.21 Å². The van der Waals surface area contributed by atoms with Crippen molar-refractivity contribution in [2.24, 2.45) is 5.92 Å². The molecule has 0 saturated heterocycles. The lowest BCUT2D eigenvalue weighted by Gasteiger charge is -2.31. The van der Waals surface area contributed by atoms with Crippen molar-refractivity contribution in [2.45, 2.75) is 39.5 Å². The molecule has 0 aliphatic carbocycles. The first-order chi connectivity index (χ1) is 14.1. The zero-order valence-corrected chi connectivity index (χ0v) is 17.3. The lowest BCUT2D eigenvalue weighted by atomic mass is 10.0. The summed E-state index contributed by atoms with van der Waals surface area (Å²) in [5.74, 6) is 0.314. The monoisotopic (exact) mass is 386 g/mol. The van der Waals surface area contributed by atoms with Crippen LogP contribution < -0.4 is 0 Å². The molecule has 0 bridgehead atoms. The molecule has 0 saturated carbocycles. The van der Waals surface area contributed by atoms with Crippen molar-refractivity contribution in [1.82, 2.24) is 4.90 Å². The lowest BCUT2D eigenvalue weighted by Crippen LogP contribution is -2.41. The summed E-state index contributed by atoms with van der Waals surface area (Å²) >= 11 is 0. The molecular weight excluding hydrogens is 356 g/mol. The van der Waals surface area contributed by atoms with Crippen molar-refractivity contribution in [3.8, 4) is 0 Å². The van der Waals surface area contributed by atoms with E-state index in [1.807, 2.05) is 48.7 Å². The Labute approximate surface area is 174 Å². The van der Waals surface area contributed by atoms with Gasteiger partial charge in [0, 0.05) is 18.7 Å². The average molecular weight is 387 g/mol. The molecule has 1 atom stereocenters. The van der Waals surface area contributed by atoms with Crippen LogP contribution in [0.15, 0.2) is 91.0 Å². The van der Waals surface area contributed by atoms with Gasteiger partial charge in [-0.25, -0.2) is 4.74 Å². The molecule has 0 amide bonds. The normalized spacial score (nSPS) is 13.0. The number of hydroxylamine groups is 1. The molecule has 3 aromatic rings. The summed E-state index contributed by atoms with van der Waals surface area (Å²) in [7, 11) is 0. The fraction of sp³-hybridized carbons (Fsp3) is 0.269. The van der Waals surface area contributed by atoms with Gasteiger partial charge in [-0.05, 0) is 17.0 Å². The smallest absolute Gasteiger partial charge is 0.178 e. The Balaban J connectivity index is 1.85. The van der Waals surface area contributed by atoms with E-state index in [2.05, 4.69) is 67.3 Å². The number of benzene rings is 3. The SMILES string of the molecule is CC(C)[C@@H](/C=[N+](\[O-])Cc1ccccc1)N(Cc1ccccc1)Cc1ccccc1. The van der Waals surface area contributed by atoms with Crippen molar-refractivity contribution in [3.05, 3.63) is 113 Å². The predicted octanol–water partition coefficient (Wildman–Crippen LogP) is 5.49. The number of hydrogen-bond acceptors (Lipinski definition) is 2. The van der Waals surface area contributed by atoms with Gasteiger partial charge in [0.25, 0.3) is 0 Å². The summed E-state index contributed by atoms with van der Waals surface area (Å²) in [5, 5.41) is 12.8. The van der Waals surface area contributed by atoms with E-state index >= 15 is 0 Å². The fourth-order valence-electron chi connectivity index (χ4n) is 3.58. The molecule has 0 aliphatic heterocycles. The fourth-order valence-corrected chi connectivity index (χ4v) is 3.58. The van der Waals surface area contributed by atoms with Gasteiger partial charge in [0.1, 0.15) is 0 Å². The molecule has 0 radical (unpaired) electrons. The van der Waals surface area contributed by atoms with Gasteiger partial charge < -0.3 is 5.21 Å². The van der Waals surface area contributed by atoms with Crippen LogP contribution in [0, 0.1) is 11.1 Å². The van der Waals surface area contributed by atoms with Crippen LogP contribution in [0.5, 0.6) is 0 Å². The Morgan fingerprint density at radius 1 is 0.724 bits per heavy atom. The van der Waals surface area contributed by atoms with Crippen molar-refractivity contribution in [3.63, 3.8) is 0 Å². The largest absolute Gasteiger partial charge is 0.624 e. The van der Waals surface area contributed by atoms with Crippen LogP contribution >= 0.6 is 0 Å². The third-order valence-corrected chi connectivity index (χ3v) is 5.06. The molecule has 0 unspecified atom stereocenters. The first-order valence-corrected chi connectivity index (χ1v) is 10.3. The van der Waals surface area contributed by atoms with Gasteiger partial charge in [-0.1, -0.05) is 105 Å². The van der Waals surface area contributed by atoms with Crippen LogP contribution in [-0.2, 0) is 19.6 Å². The summed E-state index contributed by atoms with van der Waals surface area (Å²) in [5.41, 5.74) is 3.53. The molecule has 3 rings (SSSR count). The number of rotatable bonds is 9. The molecule has 150 valence electrons. The highest BCUT2D eigenvalue weighted by atomic mass is 16.5. The molecule has 0 N–H and O–H groups in total. The topological polar surface area (TPSA) is 29.3 Å². The van der Waals surface area contributed by atoms with Gasteiger partial charge in [0.15, 0.2) is 12.8 Å². The molecular formula is C26H30N2O. The van der Waals surface area contributed by atoms with Gasteiger partial charge in [-0.3, -0.25) is 4.90 Å².